The smallest absolute Gasteiger partial charge is 0.293 e. The molecule has 0 unspecified atom stereocenters. The number of rotatable bonds is 9. The van der Waals surface area contributed by atoms with Gasteiger partial charge in [-0.3, -0.25) is 14.5 Å². The van der Waals surface area contributed by atoms with Crippen molar-refractivity contribution in [2.45, 2.75) is 6.61 Å². The lowest BCUT2D eigenvalue weighted by Crippen LogP contribution is -2.32. The third-order valence-electron chi connectivity index (χ3n) is 5.05. The fourth-order valence-electron chi connectivity index (χ4n) is 3.31. The molecule has 1 heterocycles. The van der Waals surface area contributed by atoms with E-state index >= 15 is 0 Å². The fourth-order valence-corrected chi connectivity index (χ4v) is 4.72. The Bertz CT molecular complexity index is 1250. The molecule has 6 nitrogen and oxygen atoms in total. The Balaban J connectivity index is 1.44. The first-order chi connectivity index (χ1) is 16.9. The summed E-state index contributed by atoms with van der Waals surface area (Å²) in [7, 11) is 1.52. The molecule has 0 spiro atoms. The number of benzene rings is 3. The van der Waals surface area contributed by atoms with Gasteiger partial charge in [-0.15, -0.1) is 0 Å². The highest BCUT2D eigenvalue weighted by Crippen LogP contribution is 2.39. The molecule has 1 fully saturated rings. The van der Waals surface area contributed by atoms with Gasteiger partial charge in [-0.2, -0.15) is 0 Å². The number of nitrogens with zero attached hydrogens (tertiary/aromatic N) is 1. The number of carbonyl (C=O) groups excluding carboxylic acids is 2. The summed E-state index contributed by atoms with van der Waals surface area (Å²) < 4.78 is 18.0. The number of carbonyl (C=O) groups is 2. The van der Waals surface area contributed by atoms with E-state index in [1.165, 1.54) is 12.0 Å². The Hall–Kier alpha value is -2.94. The van der Waals surface area contributed by atoms with Gasteiger partial charge in [0, 0.05) is 4.47 Å². The molecule has 1 aliphatic heterocycles. The molecule has 0 bridgehead atoms. The van der Waals surface area contributed by atoms with Crippen LogP contribution in [0.4, 0.5) is 4.79 Å². The first kappa shape index (κ1) is 25.2. The maximum atomic E-state index is 12.8. The molecule has 2 amide bonds. The summed E-state index contributed by atoms with van der Waals surface area (Å²) in [6, 6.07) is 20.4. The standard InChI is InChI=1S/C26H21BrClNO5S/c1-32-22-14-18(13-21(28)24(22)34-16-17-7-9-19(27)10-8-17)15-23-25(30)29(26(31)35-23)11-12-33-20-5-3-2-4-6-20/h2-10,13-15H,11-12,16H2,1H3/b23-15-. The minimum absolute atomic E-state index is 0.157. The summed E-state index contributed by atoms with van der Waals surface area (Å²) in [5, 5.41) is -0.00590. The third kappa shape index (κ3) is 6.39. The minimum atomic E-state index is -0.373. The highest BCUT2D eigenvalue weighted by atomic mass is 79.9. The van der Waals surface area contributed by atoms with Gasteiger partial charge in [0.05, 0.1) is 23.6 Å². The van der Waals surface area contributed by atoms with E-state index in [4.69, 9.17) is 25.8 Å². The molecule has 180 valence electrons. The Kier molecular flexibility index (Phi) is 8.38. The molecule has 1 saturated heterocycles. The van der Waals surface area contributed by atoms with Gasteiger partial charge in [-0.25, -0.2) is 0 Å². The van der Waals surface area contributed by atoms with E-state index in [0.29, 0.717) is 39.3 Å². The number of amides is 2. The molecular formula is C26H21BrClNO5S. The average molecular weight is 575 g/mol. The predicted octanol–water partition coefficient (Wildman–Crippen LogP) is 6.81. The summed E-state index contributed by atoms with van der Waals surface area (Å²) in [6.07, 6.45) is 1.62. The molecule has 0 aliphatic carbocycles. The molecule has 3 aromatic rings. The zero-order valence-corrected chi connectivity index (χ0v) is 21.9. The number of hydrogen-bond donors (Lipinski definition) is 0. The van der Waals surface area contributed by atoms with Crippen molar-refractivity contribution in [1.29, 1.82) is 0 Å². The lowest BCUT2D eigenvalue weighted by molar-refractivity contribution is -0.123. The van der Waals surface area contributed by atoms with Crippen molar-refractivity contribution in [1.82, 2.24) is 4.90 Å². The molecule has 0 saturated carbocycles. The zero-order chi connectivity index (χ0) is 24.8. The number of imide groups is 1. The topological polar surface area (TPSA) is 65.1 Å². The van der Waals surface area contributed by atoms with Gasteiger partial charge in [-0.1, -0.05) is 57.9 Å². The monoisotopic (exact) mass is 573 g/mol. The Morgan fingerprint density at radius 3 is 2.49 bits per heavy atom. The van der Waals surface area contributed by atoms with E-state index in [0.717, 1.165) is 21.8 Å². The summed E-state index contributed by atoms with van der Waals surface area (Å²) in [5.41, 5.74) is 1.59. The van der Waals surface area contributed by atoms with Gasteiger partial charge in [0.25, 0.3) is 11.1 Å². The molecular weight excluding hydrogens is 554 g/mol. The lowest BCUT2D eigenvalue weighted by Gasteiger charge is -2.14. The van der Waals surface area contributed by atoms with Gasteiger partial charge >= 0.3 is 0 Å². The van der Waals surface area contributed by atoms with Crippen molar-refractivity contribution in [3.63, 3.8) is 0 Å². The van der Waals surface area contributed by atoms with E-state index in [-0.39, 0.29) is 24.3 Å². The average Bonchev–Trinajstić information content (AvgIpc) is 3.12. The van der Waals surface area contributed by atoms with Gasteiger partial charge in [0.1, 0.15) is 19.0 Å². The van der Waals surface area contributed by atoms with Crippen LogP contribution >= 0.6 is 39.3 Å². The van der Waals surface area contributed by atoms with Crippen molar-refractivity contribution < 1.29 is 23.8 Å². The molecule has 0 N–H and O–H groups in total. The van der Waals surface area contributed by atoms with E-state index in [1.807, 2.05) is 54.6 Å². The molecule has 1 aliphatic rings. The first-order valence-corrected chi connectivity index (χ1v) is 12.6. The first-order valence-electron chi connectivity index (χ1n) is 10.6. The largest absolute Gasteiger partial charge is 0.493 e. The second-order valence-electron chi connectivity index (χ2n) is 7.44. The Morgan fingerprint density at radius 1 is 1.03 bits per heavy atom. The van der Waals surface area contributed by atoms with E-state index in [9.17, 15) is 9.59 Å². The highest BCUT2D eigenvalue weighted by Gasteiger charge is 2.35. The van der Waals surface area contributed by atoms with Crippen LogP contribution in [0.1, 0.15) is 11.1 Å². The summed E-state index contributed by atoms with van der Waals surface area (Å²) in [4.78, 5) is 26.7. The summed E-state index contributed by atoms with van der Waals surface area (Å²) in [6.45, 7) is 0.676. The minimum Gasteiger partial charge on any atom is -0.493 e. The van der Waals surface area contributed by atoms with Gasteiger partial charge in [0.15, 0.2) is 11.5 Å². The maximum Gasteiger partial charge on any atom is 0.293 e. The van der Waals surface area contributed by atoms with Crippen LogP contribution < -0.4 is 14.2 Å². The highest BCUT2D eigenvalue weighted by molar-refractivity contribution is 9.10. The van der Waals surface area contributed by atoms with Gasteiger partial charge in [-0.05, 0) is 65.4 Å². The van der Waals surface area contributed by atoms with Crippen molar-refractivity contribution in [2.24, 2.45) is 0 Å². The van der Waals surface area contributed by atoms with Crippen molar-refractivity contribution in [3.05, 3.63) is 92.3 Å². The van der Waals surface area contributed by atoms with Crippen LogP contribution in [0.15, 0.2) is 76.1 Å². The van der Waals surface area contributed by atoms with Crippen molar-refractivity contribution in [3.8, 4) is 17.2 Å². The Morgan fingerprint density at radius 2 is 1.77 bits per heavy atom. The normalized spacial score (nSPS) is 14.5. The molecule has 0 aromatic heterocycles. The summed E-state index contributed by atoms with van der Waals surface area (Å²) in [5.74, 6) is 1.14. The van der Waals surface area contributed by atoms with Crippen LogP contribution in [0.2, 0.25) is 5.02 Å². The third-order valence-corrected chi connectivity index (χ3v) is 6.76. The van der Waals surface area contributed by atoms with Crippen LogP contribution in [-0.2, 0) is 11.4 Å². The second kappa shape index (κ2) is 11.7. The lowest BCUT2D eigenvalue weighted by atomic mass is 10.1. The molecule has 35 heavy (non-hydrogen) atoms. The molecule has 0 radical (unpaired) electrons. The van der Waals surface area contributed by atoms with Crippen LogP contribution in [0.5, 0.6) is 17.2 Å². The fraction of sp³-hybridized carbons (Fsp3) is 0.154. The molecule has 0 atom stereocenters. The number of para-hydroxylation sites is 1. The Labute approximate surface area is 220 Å². The number of ether oxygens (including phenoxy) is 3. The van der Waals surface area contributed by atoms with Crippen LogP contribution in [0, 0.1) is 0 Å². The number of methoxy groups -OCH3 is 1. The van der Waals surface area contributed by atoms with E-state index in [1.54, 1.807) is 18.2 Å². The van der Waals surface area contributed by atoms with E-state index < -0.39 is 0 Å². The predicted molar refractivity (Wildman–Crippen MR) is 141 cm³/mol. The van der Waals surface area contributed by atoms with Crippen LogP contribution in [0.3, 0.4) is 0 Å². The molecule has 3 aromatic carbocycles. The van der Waals surface area contributed by atoms with Crippen molar-refractivity contribution >= 4 is 56.5 Å². The SMILES string of the molecule is COc1cc(/C=C2\SC(=O)N(CCOc3ccccc3)C2=O)cc(Cl)c1OCc1ccc(Br)cc1. The number of thioether (sulfide) groups is 1. The second-order valence-corrected chi connectivity index (χ2v) is 9.76. The zero-order valence-electron chi connectivity index (χ0n) is 18.7. The van der Waals surface area contributed by atoms with Crippen LogP contribution in [0.25, 0.3) is 6.08 Å². The number of hydrogen-bond acceptors (Lipinski definition) is 6. The summed E-state index contributed by atoms with van der Waals surface area (Å²) >= 11 is 10.8. The van der Waals surface area contributed by atoms with Crippen molar-refractivity contribution in [2.75, 3.05) is 20.3 Å². The quantitative estimate of drug-likeness (QED) is 0.262. The van der Waals surface area contributed by atoms with Gasteiger partial charge in [0.2, 0.25) is 0 Å². The van der Waals surface area contributed by atoms with Gasteiger partial charge < -0.3 is 14.2 Å². The number of halogens is 2. The van der Waals surface area contributed by atoms with E-state index in [2.05, 4.69) is 15.9 Å². The maximum absolute atomic E-state index is 12.8. The van der Waals surface area contributed by atoms with Crippen LogP contribution in [-0.4, -0.2) is 36.3 Å². The molecule has 4 rings (SSSR count). The molecule has 9 heteroatoms.